The van der Waals surface area contributed by atoms with Gasteiger partial charge in [-0.15, -0.1) is 0 Å². The van der Waals surface area contributed by atoms with Crippen molar-refractivity contribution in [1.29, 1.82) is 5.26 Å². The fraction of sp³-hybridized carbons (Fsp3) is 0.250. The second-order valence-corrected chi connectivity index (χ2v) is 4.32. The van der Waals surface area contributed by atoms with Crippen molar-refractivity contribution >= 4 is 21.6 Å². The minimum Gasteiger partial charge on any atom is -0.381 e. The zero-order chi connectivity index (χ0) is 11.3. The lowest BCUT2D eigenvalue weighted by molar-refractivity contribution is 1.26. The number of nitrogens with one attached hydrogen (secondary N) is 1. The molecule has 0 bridgehead atoms. The van der Waals surface area contributed by atoms with Crippen LogP contribution in [-0.2, 0) is 0 Å². The van der Waals surface area contributed by atoms with Crippen LogP contribution >= 0.6 is 15.9 Å². The molecule has 78 valence electrons. The molecule has 15 heavy (non-hydrogen) atoms. The quantitative estimate of drug-likeness (QED) is 0.846. The lowest BCUT2D eigenvalue weighted by Crippen LogP contribution is -1.99. The molecule has 0 aliphatic heterocycles. The smallest absolute Gasteiger partial charge is 0.0992 e. The van der Waals surface area contributed by atoms with Crippen molar-refractivity contribution in [3.63, 3.8) is 0 Å². The van der Waals surface area contributed by atoms with Gasteiger partial charge in [-0.1, -0.05) is 11.6 Å². The molecule has 0 saturated heterocycles. The van der Waals surface area contributed by atoms with Crippen molar-refractivity contribution < 1.29 is 0 Å². The largest absolute Gasteiger partial charge is 0.381 e. The predicted molar refractivity (Wildman–Crippen MR) is 66.8 cm³/mol. The molecular formula is C12H13BrN2. The molecule has 1 rings (SSSR count). The first-order chi connectivity index (χ1) is 7.13. The van der Waals surface area contributed by atoms with Crippen LogP contribution in [0.15, 0.2) is 34.3 Å². The summed E-state index contributed by atoms with van der Waals surface area (Å²) in [4.78, 5) is 0. The summed E-state index contributed by atoms with van der Waals surface area (Å²) in [5.41, 5.74) is 2.95. The van der Waals surface area contributed by atoms with E-state index in [1.54, 1.807) is 6.07 Å². The van der Waals surface area contributed by atoms with Crippen LogP contribution in [0.5, 0.6) is 0 Å². The average Bonchev–Trinajstić information content (AvgIpc) is 2.20. The van der Waals surface area contributed by atoms with E-state index >= 15 is 0 Å². The van der Waals surface area contributed by atoms with Crippen molar-refractivity contribution in [3.05, 3.63) is 39.9 Å². The molecule has 2 nitrogen and oxygen atoms in total. The summed E-state index contributed by atoms with van der Waals surface area (Å²) >= 11 is 3.42. The molecular weight excluding hydrogens is 252 g/mol. The van der Waals surface area contributed by atoms with Gasteiger partial charge in [0.25, 0.3) is 0 Å². The number of anilines is 1. The Morgan fingerprint density at radius 1 is 1.53 bits per heavy atom. The number of nitriles is 1. The summed E-state index contributed by atoms with van der Waals surface area (Å²) in [5, 5.41) is 12.0. The lowest BCUT2D eigenvalue weighted by Gasteiger charge is -2.06. The normalized spacial score (nSPS) is 9.20. The van der Waals surface area contributed by atoms with Gasteiger partial charge < -0.3 is 5.32 Å². The minimum atomic E-state index is 0.662. The highest BCUT2D eigenvalue weighted by molar-refractivity contribution is 9.10. The molecule has 0 fully saturated rings. The highest BCUT2D eigenvalue weighted by Crippen LogP contribution is 2.23. The number of rotatable bonds is 3. The predicted octanol–water partition coefficient (Wildman–Crippen LogP) is 3.70. The Kier molecular flexibility index (Phi) is 4.38. The van der Waals surface area contributed by atoms with E-state index in [-0.39, 0.29) is 0 Å². The van der Waals surface area contributed by atoms with Crippen molar-refractivity contribution in [3.8, 4) is 6.07 Å². The number of nitrogens with zero attached hydrogens (tertiary/aromatic N) is 1. The maximum absolute atomic E-state index is 8.70. The molecule has 0 unspecified atom stereocenters. The summed E-state index contributed by atoms with van der Waals surface area (Å²) in [6.07, 6.45) is 2.12. The van der Waals surface area contributed by atoms with Crippen LogP contribution in [0.2, 0.25) is 0 Å². The molecule has 0 spiro atoms. The van der Waals surface area contributed by atoms with Gasteiger partial charge in [-0.25, -0.2) is 0 Å². The second kappa shape index (κ2) is 5.57. The van der Waals surface area contributed by atoms with E-state index in [0.717, 1.165) is 16.7 Å². The zero-order valence-electron chi connectivity index (χ0n) is 8.84. The number of benzene rings is 1. The van der Waals surface area contributed by atoms with Gasteiger partial charge in [0.05, 0.1) is 11.6 Å². The maximum atomic E-state index is 8.70. The van der Waals surface area contributed by atoms with Gasteiger partial charge >= 0.3 is 0 Å². The molecule has 1 aromatic carbocycles. The molecule has 3 heteroatoms. The number of allylic oxidation sites excluding steroid dienone is 1. The van der Waals surface area contributed by atoms with Crippen molar-refractivity contribution in [2.45, 2.75) is 13.8 Å². The summed E-state index contributed by atoms with van der Waals surface area (Å²) in [6.45, 7) is 4.93. The standard InChI is InChI=1S/C12H13BrN2/c1-9(2)5-6-15-12-4-3-10(8-14)7-11(12)13/h3-5,7,15H,6H2,1-2H3. The highest BCUT2D eigenvalue weighted by Gasteiger charge is 1.99. The second-order valence-electron chi connectivity index (χ2n) is 3.47. The fourth-order valence-electron chi connectivity index (χ4n) is 1.09. The summed E-state index contributed by atoms with van der Waals surface area (Å²) < 4.78 is 0.920. The van der Waals surface area contributed by atoms with Crippen LogP contribution in [-0.4, -0.2) is 6.54 Å². The SMILES string of the molecule is CC(C)=CCNc1ccc(C#N)cc1Br. The Morgan fingerprint density at radius 3 is 2.80 bits per heavy atom. The Bertz CT molecular complexity index is 412. The van der Waals surface area contributed by atoms with E-state index < -0.39 is 0 Å². The minimum absolute atomic E-state index is 0.662. The number of hydrogen-bond donors (Lipinski definition) is 1. The Labute approximate surface area is 98.7 Å². The molecule has 0 aromatic heterocycles. The van der Waals surface area contributed by atoms with Gasteiger partial charge in [-0.3, -0.25) is 0 Å². The lowest BCUT2D eigenvalue weighted by atomic mass is 10.2. The van der Waals surface area contributed by atoms with Gasteiger partial charge in [0.15, 0.2) is 0 Å². The van der Waals surface area contributed by atoms with Crippen LogP contribution in [0.25, 0.3) is 0 Å². The third-order valence-corrected chi connectivity index (χ3v) is 2.56. The van der Waals surface area contributed by atoms with Crippen LogP contribution in [0, 0.1) is 11.3 Å². The van der Waals surface area contributed by atoms with E-state index in [4.69, 9.17) is 5.26 Å². The first kappa shape index (κ1) is 11.8. The van der Waals surface area contributed by atoms with E-state index in [0.29, 0.717) is 5.56 Å². The van der Waals surface area contributed by atoms with E-state index in [9.17, 15) is 0 Å². The Hall–Kier alpha value is -1.27. The van der Waals surface area contributed by atoms with Crippen LogP contribution in [0.1, 0.15) is 19.4 Å². The van der Waals surface area contributed by atoms with Crippen molar-refractivity contribution in [1.82, 2.24) is 0 Å². The molecule has 0 heterocycles. The summed E-state index contributed by atoms with van der Waals surface area (Å²) in [7, 11) is 0. The monoisotopic (exact) mass is 264 g/mol. The third-order valence-electron chi connectivity index (χ3n) is 1.90. The molecule has 0 radical (unpaired) electrons. The van der Waals surface area contributed by atoms with Crippen LogP contribution in [0.4, 0.5) is 5.69 Å². The zero-order valence-corrected chi connectivity index (χ0v) is 10.4. The molecule has 0 saturated carbocycles. The van der Waals surface area contributed by atoms with Gasteiger partial charge in [0.1, 0.15) is 0 Å². The van der Waals surface area contributed by atoms with Crippen LogP contribution < -0.4 is 5.32 Å². The van der Waals surface area contributed by atoms with Crippen molar-refractivity contribution in [2.75, 3.05) is 11.9 Å². The van der Waals surface area contributed by atoms with E-state index in [1.807, 2.05) is 12.1 Å². The molecule has 0 amide bonds. The summed E-state index contributed by atoms with van der Waals surface area (Å²) in [5.74, 6) is 0. The van der Waals surface area contributed by atoms with Gasteiger partial charge in [-0.2, -0.15) is 5.26 Å². The Balaban J connectivity index is 2.71. The van der Waals surface area contributed by atoms with Crippen LogP contribution in [0.3, 0.4) is 0 Å². The molecule has 0 aliphatic rings. The maximum Gasteiger partial charge on any atom is 0.0992 e. The molecule has 1 N–H and O–H groups in total. The Morgan fingerprint density at radius 2 is 2.27 bits per heavy atom. The summed E-state index contributed by atoms with van der Waals surface area (Å²) in [6, 6.07) is 7.62. The van der Waals surface area contributed by atoms with Gasteiger partial charge in [0.2, 0.25) is 0 Å². The van der Waals surface area contributed by atoms with E-state index in [1.165, 1.54) is 5.57 Å². The first-order valence-electron chi connectivity index (χ1n) is 4.70. The number of halogens is 1. The third kappa shape index (κ3) is 3.77. The molecule has 0 aliphatic carbocycles. The number of hydrogen-bond acceptors (Lipinski definition) is 2. The van der Waals surface area contributed by atoms with E-state index in [2.05, 4.69) is 47.2 Å². The van der Waals surface area contributed by atoms with Crippen molar-refractivity contribution in [2.24, 2.45) is 0 Å². The topological polar surface area (TPSA) is 35.8 Å². The highest BCUT2D eigenvalue weighted by atomic mass is 79.9. The van der Waals surface area contributed by atoms with Gasteiger partial charge in [0, 0.05) is 16.7 Å². The van der Waals surface area contributed by atoms with Gasteiger partial charge in [-0.05, 0) is 48.0 Å². The molecule has 0 atom stereocenters. The average molecular weight is 265 g/mol. The first-order valence-corrected chi connectivity index (χ1v) is 5.49. The fourth-order valence-corrected chi connectivity index (χ4v) is 1.61. The molecule has 1 aromatic rings.